The molecule has 4 nitrogen and oxygen atoms in total. The van der Waals surface area contributed by atoms with E-state index in [1.165, 1.54) is 0 Å². The molecule has 106 valence electrons. The van der Waals surface area contributed by atoms with Gasteiger partial charge in [-0.3, -0.25) is 4.79 Å². The lowest BCUT2D eigenvalue weighted by Crippen LogP contribution is -2.27. The third-order valence-electron chi connectivity index (χ3n) is 2.88. The van der Waals surface area contributed by atoms with Crippen LogP contribution in [0.1, 0.15) is 27.7 Å². The first-order valence-electron chi connectivity index (χ1n) is 6.64. The van der Waals surface area contributed by atoms with Gasteiger partial charge < -0.3 is 15.2 Å². The lowest BCUT2D eigenvalue weighted by atomic mass is 9.96. The van der Waals surface area contributed by atoms with Crippen molar-refractivity contribution >= 4 is 11.7 Å². The Bertz CT molecular complexity index is 416. The molecule has 0 amide bonds. The van der Waals surface area contributed by atoms with Gasteiger partial charge in [-0.1, -0.05) is 26.0 Å². The number of nitrogens with one attached hydrogen (secondary N) is 1. The second-order valence-electron chi connectivity index (χ2n) is 5.23. The topological polar surface area (TPSA) is 58.6 Å². The molecular formula is C15H23NO3. The predicted octanol–water partition coefficient (Wildman–Crippen LogP) is 3.24. The number of para-hydroxylation sites is 2. The molecule has 1 aromatic rings. The lowest BCUT2D eigenvalue weighted by molar-refractivity contribution is -0.142. The second-order valence-corrected chi connectivity index (χ2v) is 5.23. The van der Waals surface area contributed by atoms with Gasteiger partial charge in [-0.2, -0.15) is 0 Å². The van der Waals surface area contributed by atoms with Gasteiger partial charge in [0, 0.05) is 6.54 Å². The predicted molar refractivity (Wildman–Crippen MR) is 76.7 cm³/mol. The zero-order valence-electron chi connectivity index (χ0n) is 12.0. The molecule has 1 unspecified atom stereocenters. The number of rotatable bonds is 7. The summed E-state index contributed by atoms with van der Waals surface area (Å²) in [5.41, 5.74) is 0.836. The Morgan fingerprint density at radius 3 is 2.42 bits per heavy atom. The molecule has 0 aliphatic carbocycles. The van der Waals surface area contributed by atoms with Crippen molar-refractivity contribution in [3.05, 3.63) is 24.3 Å². The third kappa shape index (κ3) is 4.81. The van der Waals surface area contributed by atoms with E-state index in [-0.39, 0.29) is 12.0 Å². The molecule has 1 rings (SSSR count). The molecule has 0 radical (unpaired) electrons. The van der Waals surface area contributed by atoms with E-state index in [0.717, 1.165) is 11.4 Å². The largest absolute Gasteiger partial charge is 0.489 e. The summed E-state index contributed by atoms with van der Waals surface area (Å²) in [6, 6.07) is 7.59. The minimum absolute atomic E-state index is 0.0863. The van der Waals surface area contributed by atoms with Gasteiger partial charge >= 0.3 is 5.97 Å². The van der Waals surface area contributed by atoms with Crippen LogP contribution in [0, 0.1) is 11.8 Å². The van der Waals surface area contributed by atoms with Crippen molar-refractivity contribution in [2.24, 2.45) is 11.8 Å². The summed E-state index contributed by atoms with van der Waals surface area (Å²) in [5.74, 6) is -0.342. The molecule has 0 bridgehead atoms. The highest BCUT2D eigenvalue weighted by molar-refractivity contribution is 5.71. The summed E-state index contributed by atoms with van der Waals surface area (Å²) in [7, 11) is 0. The number of benzene rings is 1. The maximum atomic E-state index is 11.2. The van der Waals surface area contributed by atoms with Crippen molar-refractivity contribution in [2.45, 2.75) is 33.8 Å². The van der Waals surface area contributed by atoms with Gasteiger partial charge in [-0.05, 0) is 31.9 Å². The number of carbonyl (C=O) groups is 1. The Morgan fingerprint density at radius 1 is 1.26 bits per heavy atom. The molecule has 0 aromatic heterocycles. The van der Waals surface area contributed by atoms with Crippen LogP contribution in [0.15, 0.2) is 24.3 Å². The van der Waals surface area contributed by atoms with E-state index in [1.807, 2.05) is 52.0 Å². The van der Waals surface area contributed by atoms with Crippen molar-refractivity contribution in [3.8, 4) is 5.75 Å². The van der Waals surface area contributed by atoms with Crippen molar-refractivity contribution in [1.29, 1.82) is 0 Å². The summed E-state index contributed by atoms with van der Waals surface area (Å²) in [6.07, 6.45) is 0.0864. The fraction of sp³-hybridized carbons (Fsp3) is 0.533. The molecular weight excluding hydrogens is 242 g/mol. The zero-order chi connectivity index (χ0) is 14.4. The number of carboxylic acids is 1. The van der Waals surface area contributed by atoms with Crippen LogP contribution < -0.4 is 10.1 Å². The third-order valence-corrected chi connectivity index (χ3v) is 2.88. The van der Waals surface area contributed by atoms with Crippen LogP contribution in [-0.2, 0) is 4.79 Å². The van der Waals surface area contributed by atoms with Gasteiger partial charge in [0.05, 0.1) is 17.7 Å². The minimum Gasteiger partial charge on any atom is -0.489 e. The van der Waals surface area contributed by atoms with Gasteiger partial charge in [-0.25, -0.2) is 0 Å². The summed E-state index contributed by atoms with van der Waals surface area (Å²) in [5, 5.41) is 12.3. The molecule has 0 aliphatic rings. The molecule has 0 heterocycles. The first-order valence-corrected chi connectivity index (χ1v) is 6.64. The van der Waals surface area contributed by atoms with Gasteiger partial charge in [0.2, 0.25) is 0 Å². The lowest BCUT2D eigenvalue weighted by Gasteiger charge is -2.20. The van der Waals surface area contributed by atoms with E-state index in [0.29, 0.717) is 6.54 Å². The number of ether oxygens (including phenoxy) is 1. The highest BCUT2D eigenvalue weighted by Crippen LogP contribution is 2.25. The van der Waals surface area contributed by atoms with E-state index in [1.54, 1.807) is 0 Å². The zero-order valence-corrected chi connectivity index (χ0v) is 12.0. The molecule has 0 fully saturated rings. The molecule has 19 heavy (non-hydrogen) atoms. The Kier molecular flexibility index (Phi) is 5.67. The van der Waals surface area contributed by atoms with Crippen molar-refractivity contribution in [1.82, 2.24) is 0 Å². The summed E-state index contributed by atoms with van der Waals surface area (Å²) >= 11 is 0. The Morgan fingerprint density at radius 2 is 1.89 bits per heavy atom. The van der Waals surface area contributed by atoms with E-state index < -0.39 is 11.9 Å². The van der Waals surface area contributed by atoms with Gasteiger partial charge in [-0.15, -0.1) is 0 Å². The first-order chi connectivity index (χ1) is 8.91. The molecule has 1 atom stereocenters. The molecule has 0 aliphatic heterocycles. The SMILES string of the molecule is CC(C)Oc1ccccc1NCC(C(=O)O)C(C)C. The first kappa shape index (κ1) is 15.3. The van der Waals surface area contributed by atoms with Crippen molar-refractivity contribution in [2.75, 3.05) is 11.9 Å². The average Bonchev–Trinajstić information content (AvgIpc) is 2.29. The number of aliphatic carboxylic acids is 1. The minimum atomic E-state index is -0.773. The van der Waals surface area contributed by atoms with E-state index in [9.17, 15) is 4.79 Å². The van der Waals surface area contributed by atoms with Crippen LogP contribution >= 0.6 is 0 Å². The van der Waals surface area contributed by atoms with Crippen molar-refractivity contribution < 1.29 is 14.6 Å². The molecule has 0 spiro atoms. The Labute approximate surface area is 114 Å². The van der Waals surface area contributed by atoms with Crippen LogP contribution in [0.2, 0.25) is 0 Å². The van der Waals surface area contributed by atoms with Crippen LogP contribution in [0.5, 0.6) is 5.75 Å². The van der Waals surface area contributed by atoms with Crippen LogP contribution in [-0.4, -0.2) is 23.7 Å². The Balaban J connectivity index is 2.74. The summed E-state index contributed by atoms with van der Waals surface area (Å²) < 4.78 is 5.69. The number of carboxylic acid groups (broad SMARTS) is 1. The fourth-order valence-electron chi connectivity index (χ4n) is 1.80. The molecule has 4 heteroatoms. The number of anilines is 1. The van der Waals surface area contributed by atoms with Crippen LogP contribution in [0.4, 0.5) is 5.69 Å². The maximum Gasteiger partial charge on any atom is 0.308 e. The van der Waals surface area contributed by atoms with Gasteiger partial charge in [0.1, 0.15) is 5.75 Å². The highest BCUT2D eigenvalue weighted by Gasteiger charge is 2.21. The molecule has 1 aromatic carbocycles. The highest BCUT2D eigenvalue weighted by atomic mass is 16.5. The molecule has 0 saturated carbocycles. The molecule has 0 saturated heterocycles. The summed E-state index contributed by atoms with van der Waals surface area (Å²) in [4.78, 5) is 11.2. The standard InChI is InChI=1S/C15H23NO3/c1-10(2)12(15(17)18)9-16-13-7-5-6-8-14(13)19-11(3)4/h5-8,10-12,16H,9H2,1-4H3,(H,17,18). The fourth-order valence-corrected chi connectivity index (χ4v) is 1.80. The number of hydrogen-bond donors (Lipinski definition) is 2. The van der Waals surface area contributed by atoms with Crippen LogP contribution in [0.3, 0.4) is 0 Å². The van der Waals surface area contributed by atoms with E-state index in [4.69, 9.17) is 9.84 Å². The second kappa shape index (κ2) is 7.02. The van der Waals surface area contributed by atoms with E-state index in [2.05, 4.69) is 5.32 Å². The van der Waals surface area contributed by atoms with Crippen LogP contribution in [0.25, 0.3) is 0 Å². The van der Waals surface area contributed by atoms with Gasteiger partial charge in [0.25, 0.3) is 0 Å². The number of hydrogen-bond acceptors (Lipinski definition) is 3. The molecule has 2 N–H and O–H groups in total. The maximum absolute atomic E-state index is 11.2. The Hall–Kier alpha value is -1.71. The van der Waals surface area contributed by atoms with Gasteiger partial charge in [0.15, 0.2) is 0 Å². The normalized spacial score (nSPS) is 12.5. The van der Waals surface area contributed by atoms with Crippen molar-refractivity contribution in [3.63, 3.8) is 0 Å². The monoisotopic (exact) mass is 265 g/mol. The van der Waals surface area contributed by atoms with E-state index >= 15 is 0 Å². The average molecular weight is 265 g/mol. The smallest absolute Gasteiger partial charge is 0.308 e. The quantitative estimate of drug-likeness (QED) is 0.794. The summed E-state index contributed by atoms with van der Waals surface area (Å²) in [6.45, 7) is 8.15.